The second-order valence-electron chi connectivity index (χ2n) is 9.66. The van der Waals surface area contributed by atoms with Gasteiger partial charge in [-0.15, -0.1) is 0 Å². The van der Waals surface area contributed by atoms with Crippen LogP contribution in [0.2, 0.25) is 0 Å². The summed E-state index contributed by atoms with van der Waals surface area (Å²) in [4.78, 5) is 32.6. The highest BCUT2D eigenvalue weighted by atomic mass is 32.2. The predicted molar refractivity (Wildman–Crippen MR) is 155 cm³/mol. The van der Waals surface area contributed by atoms with Crippen LogP contribution in [-0.4, -0.2) is 60.7 Å². The van der Waals surface area contributed by atoms with Gasteiger partial charge >= 0.3 is 0 Å². The number of amides is 1. The number of carbonyl (C=O) groups excluding carboxylic acids is 1. The Morgan fingerprint density at radius 3 is 2.49 bits per heavy atom. The summed E-state index contributed by atoms with van der Waals surface area (Å²) in [6.07, 6.45) is 6.61. The van der Waals surface area contributed by atoms with Crippen LogP contribution >= 0.6 is 0 Å². The zero-order valence-electron chi connectivity index (χ0n) is 22.5. The predicted octanol–water partition coefficient (Wildman–Crippen LogP) is 3.04. The fourth-order valence-corrected chi connectivity index (χ4v) is 5.09. The molecule has 39 heavy (non-hydrogen) atoms. The molecule has 11 heteroatoms. The van der Waals surface area contributed by atoms with Crippen molar-refractivity contribution in [2.24, 2.45) is 10.7 Å². The number of nitrogens with one attached hydrogen (secondary N) is 1. The van der Waals surface area contributed by atoms with E-state index >= 15 is 0 Å². The number of aliphatic imine (C=N–C) groups is 1. The van der Waals surface area contributed by atoms with Gasteiger partial charge in [-0.1, -0.05) is 32.0 Å². The highest BCUT2D eigenvalue weighted by Crippen LogP contribution is 2.33. The molecule has 206 valence electrons. The smallest absolute Gasteiger partial charge is 0.274 e. The zero-order valence-corrected chi connectivity index (χ0v) is 23.3. The second kappa shape index (κ2) is 11.9. The first-order chi connectivity index (χ1) is 18.6. The molecule has 0 spiro atoms. The average Bonchev–Trinajstić information content (AvgIpc) is 3.06. The SMILES string of the molecule is CCCN(CCC)C(=O)C1=Cc2ccc(-c3ccc4c(=O)n(CCNS(C)(=O)=O)ncc4c3)cc2N=C(N)C1. The van der Waals surface area contributed by atoms with Crippen molar-refractivity contribution < 1.29 is 13.2 Å². The zero-order chi connectivity index (χ0) is 28.2. The molecule has 3 N–H and O–H groups in total. The van der Waals surface area contributed by atoms with Crippen LogP contribution < -0.4 is 16.0 Å². The molecule has 0 atom stereocenters. The van der Waals surface area contributed by atoms with Crippen molar-refractivity contribution in [2.45, 2.75) is 39.7 Å². The highest BCUT2D eigenvalue weighted by molar-refractivity contribution is 7.88. The Bertz CT molecular complexity index is 1620. The monoisotopic (exact) mass is 550 g/mol. The van der Waals surface area contributed by atoms with Crippen LogP contribution in [0.1, 0.15) is 38.7 Å². The molecule has 1 aliphatic rings. The summed E-state index contributed by atoms with van der Waals surface area (Å²) < 4.78 is 26.2. The largest absolute Gasteiger partial charge is 0.387 e. The van der Waals surface area contributed by atoms with Crippen molar-refractivity contribution >= 4 is 44.3 Å². The van der Waals surface area contributed by atoms with Crippen LogP contribution in [0.4, 0.5) is 5.69 Å². The van der Waals surface area contributed by atoms with Gasteiger partial charge in [0.05, 0.1) is 30.1 Å². The van der Waals surface area contributed by atoms with E-state index in [1.165, 1.54) is 4.68 Å². The molecule has 0 unspecified atom stereocenters. The molecule has 3 aromatic rings. The Balaban J connectivity index is 1.63. The normalized spacial score (nSPS) is 13.4. The highest BCUT2D eigenvalue weighted by Gasteiger charge is 2.21. The summed E-state index contributed by atoms with van der Waals surface area (Å²) in [5.74, 6) is 0.376. The molecular formula is C28H34N6O4S. The molecular weight excluding hydrogens is 516 g/mol. The summed E-state index contributed by atoms with van der Waals surface area (Å²) in [5.41, 5.74) is 9.83. The summed E-state index contributed by atoms with van der Waals surface area (Å²) in [6, 6.07) is 11.3. The van der Waals surface area contributed by atoms with Gasteiger partial charge in [-0.05, 0) is 48.2 Å². The molecule has 0 aliphatic carbocycles. The summed E-state index contributed by atoms with van der Waals surface area (Å²) >= 11 is 0. The number of fused-ring (bicyclic) bond motifs is 2. The number of carbonyl (C=O) groups is 1. The van der Waals surface area contributed by atoms with E-state index in [4.69, 9.17) is 5.73 Å². The maximum atomic E-state index is 13.2. The first-order valence-corrected chi connectivity index (χ1v) is 14.9. The van der Waals surface area contributed by atoms with E-state index in [0.717, 1.165) is 35.8 Å². The van der Waals surface area contributed by atoms with Crippen LogP contribution in [0.5, 0.6) is 0 Å². The minimum absolute atomic E-state index is 0.00596. The minimum atomic E-state index is -3.35. The van der Waals surface area contributed by atoms with Crippen molar-refractivity contribution in [1.29, 1.82) is 0 Å². The second-order valence-corrected chi connectivity index (χ2v) is 11.5. The van der Waals surface area contributed by atoms with E-state index in [1.54, 1.807) is 12.3 Å². The molecule has 2 heterocycles. The van der Waals surface area contributed by atoms with E-state index in [2.05, 4.69) is 28.7 Å². The number of aromatic nitrogens is 2. The number of benzene rings is 2. The molecule has 2 aromatic carbocycles. The first-order valence-electron chi connectivity index (χ1n) is 13.0. The molecule has 1 amide bonds. The van der Waals surface area contributed by atoms with Crippen molar-refractivity contribution in [3.8, 4) is 11.1 Å². The lowest BCUT2D eigenvalue weighted by molar-refractivity contribution is -0.127. The van der Waals surface area contributed by atoms with Crippen molar-refractivity contribution in [2.75, 3.05) is 25.9 Å². The van der Waals surface area contributed by atoms with E-state index in [-0.39, 0.29) is 24.6 Å². The minimum Gasteiger partial charge on any atom is -0.387 e. The number of sulfonamides is 1. The standard InChI is InChI=1S/C28H34N6O4S/c1-4-11-33(12-5-2)27(35)22-15-21-7-6-20(16-25(21)32-26(29)17-22)19-8-9-24-23(14-19)18-30-34(28(24)36)13-10-31-39(3,37)38/h6-9,14-16,18,31H,4-5,10-13,17H2,1-3H3,(H2,29,32). The number of rotatable bonds is 10. The lowest BCUT2D eigenvalue weighted by Crippen LogP contribution is -2.34. The van der Waals surface area contributed by atoms with Gasteiger partial charge in [-0.25, -0.2) is 22.8 Å². The van der Waals surface area contributed by atoms with Gasteiger partial charge in [0.2, 0.25) is 15.9 Å². The lowest BCUT2D eigenvalue weighted by atomic mass is 9.99. The quantitative estimate of drug-likeness (QED) is 0.398. The molecule has 1 aromatic heterocycles. The van der Waals surface area contributed by atoms with E-state index in [0.29, 0.717) is 47.4 Å². The number of hydrogen-bond acceptors (Lipinski definition) is 7. The lowest BCUT2D eigenvalue weighted by Gasteiger charge is -2.22. The van der Waals surface area contributed by atoms with Gasteiger partial charge in [0.15, 0.2) is 0 Å². The fourth-order valence-electron chi connectivity index (χ4n) is 4.63. The van der Waals surface area contributed by atoms with Crippen molar-refractivity contribution in [1.82, 2.24) is 19.4 Å². The fraction of sp³-hybridized carbons (Fsp3) is 0.357. The van der Waals surface area contributed by atoms with Gasteiger partial charge in [0, 0.05) is 42.6 Å². The van der Waals surface area contributed by atoms with Gasteiger partial charge < -0.3 is 10.6 Å². The maximum Gasteiger partial charge on any atom is 0.274 e. The van der Waals surface area contributed by atoms with Gasteiger partial charge in [0.1, 0.15) is 5.84 Å². The Labute approximate surface area is 228 Å². The third-order valence-corrected chi connectivity index (χ3v) is 7.15. The van der Waals surface area contributed by atoms with Crippen LogP contribution in [0.3, 0.4) is 0 Å². The van der Waals surface area contributed by atoms with E-state index < -0.39 is 10.0 Å². The molecule has 0 bridgehead atoms. The van der Waals surface area contributed by atoms with Crippen molar-refractivity contribution in [3.05, 3.63) is 64.1 Å². The van der Waals surface area contributed by atoms with Crippen LogP contribution in [0, 0.1) is 0 Å². The Kier molecular flexibility index (Phi) is 8.61. The Morgan fingerprint density at radius 1 is 1.10 bits per heavy atom. The molecule has 0 radical (unpaired) electrons. The van der Waals surface area contributed by atoms with E-state index in [1.807, 2.05) is 41.3 Å². The number of amidine groups is 1. The van der Waals surface area contributed by atoms with E-state index in [9.17, 15) is 18.0 Å². The molecule has 0 saturated carbocycles. The van der Waals surface area contributed by atoms with Gasteiger partial charge in [-0.3, -0.25) is 9.59 Å². The Hall–Kier alpha value is -3.83. The summed E-state index contributed by atoms with van der Waals surface area (Å²) in [6.45, 7) is 5.72. The third-order valence-electron chi connectivity index (χ3n) is 6.42. The van der Waals surface area contributed by atoms with Gasteiger partial charge in [-0.2, -0.15) is 5.10 Å². The van der Waals surface area contributed by atoms with Crippen LogP contribution in [-0.2, 0) is 21.4 Å². The first kappa shape index (κ1) is 28.2. The molecule has 0 fully saturated rings. The van der Waals surface area contributed by atoms with Crippen LogP contribution in [0.25, 0.3) is 28.0 Å². The topological polar surface area (TPSA) is 140 Å². The number of hydrogen-bond donors (Lipinski definition) is 2. The third kappa shape index (κ3) is 6.79. The Morgan fingerprint density at radius 2 is 1.79 bits per heavy atom. The molecule has 10 nitrogen and oxygen atoms in total. The summed E-state index contributed by atoms with van der Waals surface area (Å²) in [7, 11) is -3.35. The molecule has 4 rings (SSSR count). The molecule has 1 aliphatic heterocycles. The van der Waals surface area contributed by atoms with Crippen molar-refractivity contribution in [3.63, 3.8) is 0 Å². The number of nitrogens with two attached hydrogens (primary N) is 1. The molecule has 0 saturated heterocycles. The van der Waals surface area contributed by atoms with Crippen LogP contribution in [0.15, 0.2) is 58.0 Å². The summed E-state index contributed by atoms with van der Waals surface area (Å²) in [5, 5.41) is 5.36. The average molecular weight is 551 g/mol. The maximum absolute atomic E-state index is 13.2. The number of nitrogens with zero attached hydrogens (tertiary/aromatic N) is 4. The van der Waals surface area contributed by atoms with Gasteiger partial charge in [0.25, 0.3) is 5.56 Å².